The fourth-order valence-electron chi connectivity index (χ4n) is 3.60. The van der Waals surface area contributed by atoms with Gasteiger partial charge in [0.05, 0.1) is 6.61 Å². The molecule has 2 heterocycles. The van der Waals surface area contributed by atoms with E-state index in [1.165, 1.54) is 24.3 Å². The lowest BCUT2D eigenvalue weighted by Gasteiger charge is -2.44. The number of nitrogens with zero attached hydrogens (tertiary/aromatic N) is 3. The third-order valence-electron chi connectivity index (χ3n) is 6.85. The zero-order valence-electron chi connectivity index (χ0n) is 24.4. The number of carbonyl (C=O) groups is 2. The molecule has 0 aliphatic carbocycles. The summed E-state index contributed by atoms with van der Waals surface area (Å²) >= 11 is 1.07. The normalized spacial score (nSPS) is 14.7. The van der Waals surface area contributed by atoms with Crippen LogP contribution in [-0.4, -0.2) is 69.1 Å². The number of benzene rings is 2. The maximum absolute atomic E-state index is 15.0. The van der Waals surface area contributed by atoms with E-state index < -0.39 is 22.0 Å². The summed E-state index contributed by atoms with van der Waals surface area (Å²) in [6, 6.07) is 8.77. The zero-order valence-corrected chi connectivity index (χ0v) is 26.1. The number of rotatable bonds is 10. The van der Waals surface area contributed by atoms with Gasteiger partial charge in [0, 0.05) is 46.6 Å². The van der Waals surface area contributed by atoms with E-state index in [-0.39, 0.29) is 39.4 Å². The smallest absolute Gasteiger partial charge is 0.257 e. The number of likely N-dealkylation sites (tertiary alicyclic amines) is 1. The summed E-state index contributed by atoms with van der Waals surface area (Å²) < 4.78 is 37.3. The van der Waals surface area contributed by atoms with E-state index >= 15 is 4.39 Å². The van der Waals surface area contributed by atoms with Gasteiger partial charge in [0.1, 0.15) is 23.4 Å². The molecular formula is C29H37FN4O5S2. The monoisotopic (exact) mass is 604 g/mol. The van der Waals surface area contributed by atoms with Crippen LogP contribution in [0.3, 0.4) is 0 Å². The number of amides is 2. The van der Waals surface area contributed by atoms with Crippen LogP contribution in [0.1, 0.15) is 60.7 Å². The van der Waals surface area contributed by atoms with Gasteiger partial charge < -0.3 is 18.6 Å². The lowest BCUT2D eigenvalue weighted by atomic mass is 10.1. The van der Waals surface area contributed by atoms with E-state index in [1.54, 1.807) is 24.0 Å². The van der Waals surface area contributed by atoms with Crippen LogP contribution in [0.4, 0.5) is 9.52 Å². The highest BCUT2D eigenvalue weighted by molar-refractivity contribution is 8.29. The maximum atomic E-state index is 15.0. The van der Waals surface area contributed by atoms with Gasteiger partial charge in [0.15, 0.2) is 11.6 Å². The van der Waals surface area contributed by atoms with Gasteiger partial charge in [-0.25, -0.2) is 9.37 Å². The Morgan fingerprint density at radius 2 is 1.83 bits per heavy atom. The third kappa shape index (κ3) is 7.75. The second kappa shape index (κ2) is 12.3. The first-order chi connectivity index (χ1) is 19.2. The van der Waals surface area contributed by atoms with Crippen molar-refractivity contribution in [2.75, 3.05) is 37.5 Å². The van der Waals surface area contributed by atoms with Gasteiger partial charge in [-0.05, 0) is 63.1 Å². The highest BCUT2D eigenvalue weighted by atomic mass is 32.3. The molecule has 1 fully saturated rings. The Morgan fingerprint density at radius 3 is 2.41 bits per heavy atom. The van der Waals surface area contributed by atoms with Crippen molar-refractivity contribution in [3.63, 3.8) is 0 Å². The Kier molecular flexibility index (Phi) is 9.25. The molecule has 1 saturated heterocycles. The number of aromatic nitrogens is 2. The molecule has 9 nitrogen and oxygen atoms in total. The van der Waals surface area contributed by atoms with Gasteiger partial charge in [-0.2, -0.15) is 4.37 Å². The van der Waals surface area contributed by atoms with Gasteiger partial charge in [0.2, 0.25) is 5.13 Å². The van der Waals surface area contributed by atoms with Crippen LogP contribution in [0.25, 0.3) is 0 Å². The molecule has 1 N–H and O–H groups in total. The fourth-order valence-corrected chi connectivity index (χ4v) is 5.06. The van der Waals surface area contributed by atoms with Gasteiger partial charge in [0.25, 0.3) is 11.8 Å². The molecule has 12 heteroatoms. The summed E-state index contributed by atoms with van der Waals surface area (Å²) in [5.41, 5.74) is 0.484. The van der Waals surface area contributed by atoms with Crippen LogP contribution < -0.4 is 14.8 Å². The van der Waals surface area contributed by atoms with Crippen molar-refractivity contribution < 1.29 is 27.6 Å². The summed E-state index contributed by atoms with van der Waals surface area (Å²) in [4.78, 5) is 31.4. The molecule has 2 amide bonds. The molecule has 0 saturated carbocycles. The van der Waals surface area contributed by atoms with Crippen LogP contribution in [-0.2, 0) is 4.18 Å². The number of hydrogen-bond acceptors (Lipinski definition) is 8. The number of hydrogen-bond donors (Lipinski definition) is 1. The van der Waals surface area contributed by atoms with Crippen LogP contribution in [0.5, 0.6) is 17.2 Å². The topological polar surface area (TPSA) is 103 Å². The number of nitrogens with one attached hydrogen (secondary N) is 1. The van der Waals surface area contributed by atoms with Crippen LogP contribution in [0.2, 0.25) is 0 Å². The van der Waals surface area contributed by atoms with Crippen LogP contribution >= 0.6 is 21.8 Å². The molecular weight excluding hydrogens is 567 g/mol. The van der Waals surface area contributed by atoms with Gasteiger partial charge in [-0.3, -0.25) is 14.9 Å². The molecule has 1 aliphatic rings. The largest absolute Gasteiger partial charge is 0.488 e. The highest BCUT2D eigenvalue weighted by Crippen LogP contribution is 2.53. The predicted molar refractivity (Wildman–Crippen MR) is 161 cm³/mol. The standard InChI is InChI=1S/C29H37FN4O5S2/c1-18(17-37-41(6,7)29(3,4)5)38-22-13-21(26(35)32-28-31-19(2)33-40-28)14-23(16-22)39-25-10-9-20(15-24(25)30)27(36)34-11-8-12-34/h9-10,13-16,18H,8,11-12,17H2,1-7H3,(H,31,32,33,35)/t18-/m0/s1. The van der Waals surface area contributed by atoms with E-state index in [0.29, 0.717) is 36.4 Å². The number of ether oxygens (including phenoxy) is 2. The van der Waals surface area contributed by atoms with Crippen molar-refractivity contribution in [2.45, 2.75) is 51.9 Å². The predicted octanol–water partition coefficient (Wildman–Crippen LogP) is 6.44. The minimum absolute atomic E-state index is 0.00569. The number of anilines is 1. The lowest BCUT2D eigenvalue weighted by molar-refractivity contribution is 0.0651. The summed E-state index contributed by atoms with van der Waals surface area (Å²) in [6.07, 6.45) is 4.83. The first-order valence-corrected chi connectivity index (χ1v) is 16.4. The summed E-state index contributed by atoms with van der Waals surface area (Å²) in [6.45, 7) is 11.7. The second-order valence-corrected chi connectivity index (χ2v) is 15.9. The molecule has 1 atom stereocenters. The minimum Gasteiger partial charge on any atom is -0.488 e. The van der Waals surface area contributed by atoms with E-state index in [9.17, 15) is 9.59 Å². The molecule has 0 bridgehead atoms. The Labute approximate surface area is 246 Å². The second-order valence-electron chi connectivity index (χ2n) is 11.2. The molecule has 41 heavy (non-hydrogen) atoms. The Morgan fingerprint density at radius 1 is 1.12 bits per heavy atom. The van der Waals surface area contributed by atoms with Gasteiger partial charge in [-0.1, -0.05) is 20.8 Å². The van der Waals surface area contributed by atoms with Gasteiger partial charge in [-0.15, -0.1) is 10.3 Å². The molecule has 0 radical (unpaired) electrons. The van der Waals surface area contributed by atoms with Gasteiger partial charge >= 0.3 is 0 Å². The minimum atomic E-state index is -1.36. The maximum Gasteiger partial charge on any atom is 0.257 e. The highest BCUT2D eigenvalue weighted by Gasteiger charge is 2.29. The van der Waals surface area contributed by atoms with E-state index in [1.807, 2.05) is 6.92 Å². The van der Waals surface area contributed by atoms with E-state index in [4.69, 9.17) is 13.7 Å². The Bertz CT molecular complexity index is 1420. The van der Waals surface area contributed by atoms with E-state index in [2.05, 4.69) is 48.0 Å². The molecule has 1 aliphatic heterocycles. The van der Waals surface area contributed by atoms with Crippen molar-refractivity contribution in [3.05, 3.63) is 59.2 Å². The summed E-state index contributed by atoms with van der Waals surface area (Å²) in [7, 11) is -1.36. The average molecular weight is 605 g/mol. The first kappa shape index (κ1) is 30.7. The molecule has 1 aromatic heterocycles. The number of halogens is 1. The summed E-state index contributed by atoms with van der Waals surface area (Å²) in [5.74, 6) is -0.342. The number of carbonyl (C=O) groups excluding carboxylic acids is 2. The van der Waals surface area contributed by atoms with E-state index in [0.717, 1.165) is 18.0 Å². The van der Waals surface area contributed by atoms with Crippen molar-refractivity contribution in [2.24, 2.45) is 0 Å². The first-order valence-electron chi connectivity index (χ1n) is 13.3. The van der Waals surface area contributed by atoms with Crippen molar-refractivity contribution >= 4 is 38.8 Å². The van der Waals surface area contributed by atoms with Crippen molar-refractivity contribution in [3.8, 4) is 17.2 Å². The zero-order chi connectivity index (χ0) is 29.9. The number of aryl methyl sites for hydroxylation is 1. The molecule has 0 unspecified atom stereocenters. The summed E-state index contributed by atoms with van der Waals surface area (Å²) in [5, 5.41) is 3.07. The van der Waals surface area contributed by atoms with Crippen LogP contribution in [0, 0.1) is 12.7 Å². The average Bonchev–Trinajstić information content (AvgIpc) is 3.26. The quantitative estimate of drug-likeness (QED) is 0.284. The SMILES string of the molecule is Cc1nsc(NC(=O)c2cc(Oc3ccc(C(=O)N4CCC4)cc3F)cc(O[C@@H](C)COS(C)(C)C(C)(C)C)c2)n1. The van der Waals surface area contributed by atoms with Crippen molar-refractivity contribution in [1.29, 1.82) is 0 Å². The van der Waals surface area contributed by atoms with Crippen molar-refractivity contribution in [1.82, 2.24) is 14.3 Å². The molecule has 3 aromatic rings. The Hall–Kier alpha value is -3.22. The molecule has 4 rings (SSSR count). The lowest BCUT2D eigenvalue weighted by Crippen LogP contribution is -2.42. The third-order valence-corrected chi connectivity index (χ3v) is 11.2. The molecule has 0 spiro atoms. The molecule has 2 aromatic carbocycles. The Balaban J connectivity index is 1.55. The van der Waals surface area contributed by atoms with Crippen LogP contribution in [0.15, 0.2) is 36.4 Å². The molecule has 222 valence electrons. The fraction of sp³-hybridized carbons (Fsp3) is 0.448.